The van der Waals surface area contributed by atoms with Gasteiger partial charge in [-0.2, -0.15) is 0 Å². The van der Waals surface area contributed by atoms with E-state index in [4.69, 9.17) is 0 Å². The molecule has 2 bridgehead atoms. The summed E-state index contributed by atoms with van der Waals surface area (Å²) in [6.45, 7) is 2.06. The van der Waals surface area contributed by atoms with E-state index >= 15 is 0 Å². The molecule has 3 nitrogen and oxygen atoms in total. The van der Waals surface area contributed by atoms with Gasteiger partial charge in [0.2, 0.25) is 5.91 Å². The Morgan fingerprint density at radius 1 is 1.27 bits per heavy atom. The first kappa shape index (κ1) is 9.64. The molecule has 2 N–H and O–H groups in total. The highest BCUT2D eigenvalue weighted by Gasteiger charge is 2.40. The highest BCUT2D eigenvalue weighted by molar-refractivity contribution is 5.76. The van der Waals surface area contributed by atoms with Gasteiger partial charge in [-0.05, 0) is 50.1 Å². The van der Waals surface area contributed by atoms with Crippen molar-refractivity contribution >= 4 is 5.91 Å². The van der Waals surface area contributed by atoms with Gasteiger partial charge in [-0.1, -0.05) is 6.42 Å². The molecule has 3 atom stereocenters. The van der Waals surface area contributed by atoms with E-state index in [1.165, 1.54) is 25.7 Å². The van der Waals surface area contributed by atoms with Gasteiger partial charge < -0.3 is 10.6 Å². The van der Waals surface area contributed by atoms with Crippen molar-refractivity contribution in [2.45, 2.75) is 38.1 Å². The molecule has 84 valence electrons. The molecule has 0 radical (unpaired) electrons. The predicted octanol–water partition coefficient (Wildman–Crippen LogP) is 0.901. The predicted molar refractivity (Wildman–Crippen MR) is 58.4 cm³/mol. The number of fused-ring (bicyclic) bond motifs is 2. The zero-order chi connectivity index (χ0) is 10.3. The zero-order valence-electron chi connectivity index (χ0n) is 9.17. The Bertz CT molecular complexity index is 262. The SMILES string of the molecule is O=C(CC1CNC1)NC1CC2CCC1C2. The van der Waals surface area contributed by atoms with Crippen LogP contribution >= 0.6 is 0 Å². The van der Waals surface area contributed by atoms with Crippen LogP contribution in [0, 0.1) is 17.8 Å². The van der Waals surface area contributed by atoms with Crippen LogP contribution in [-0.4, -0.2) is 25.0 Å². The van der Waals surface area contributed by atoms with Crippen molar-refractivity contribution in [2.24, 2.45) is 17.8 Å². The molecule has 0 spiro atoms. The molecule has 3 aliphatic rings. The fourth-order valence-electron chi connectivity index (χ4n) is 3.44. The first-order valence-electron chi connectivity index (χ1n) is 6.31. The summed E-state index contributed by atoms with van der Waals surface area (Å²) in [5, 5.41) is 6.45. The number of nitrogens with one attached hydrogen (secondary N) is 2. The van der Waals surface area contributed by atoms with Gasteiger partial charge in [-0.25, -0.2) is 0 Å². The Morgan fingerprint density at radius 3 is 2.67 bits per heavy atom. The van der Waals surface area contributed by atoms with Crippen LogP contribution in [0.5, 0.6) is 0 Å². The average Bonchev–Trinajstić information content (AvgIpc) is 2.72. The second-order valence-electron chi connectivity index (χ2n) is 5.58. The molecule has 15 heavy (non-hydrogen) atoms. The Balaban J connectivity index is 1.46. The van der Waals surface area contributed by atoms with Gasteiger partial charge in [-0.3, -0.25) is 4.79 Å². The maximum Gasteiger partial charge on any atom is 0.220 e. The van der Waals surface area contributed by atoms with Gasteiger partial charge in [0.05, 0.1) is 0 Å². The third-order valence-electron chi connectivity index (χ3n) is 4.42. The van der Waals surface area contributed by atoms with E-state index < -0.39 is 0 Å². The highest BCUT2D eigenvalue weighted by Crippen LogP contribution is 2.44. The van der Waals surface area contributed by atoms with Crippen molar-refractivity contribution in [1.82, 2.24) is 10.6 Å². The molecule has 0 aromatic rings. The smallest absolute Gasteiger partial charge is 0.220 e. The van der Waals surface area contributed by atoms with Crippen LogP contribution < -0.4 is 10.6 Å². The number of hydrogen-bond acceptors (Lipinski definition) is 2. The maximum absolute atomic E-state index is 11.7. The Morgan fingerprint density at radius 2 is 2.13 bits per heavy atom. The molecule has 2 saturated carbocycles. The van der Waals surface area contributed by atoms with E-state index in [9.17, 15) is 4.79 Å². The van der Waals surface area contributed by atoms with Crippen LogP contribution in [0.1, 0.15) is 32.1 Å². The summed E-state index contributed by atoms with van der Waals surface area (Å²) in [7, 11) is 0. The number of amides is 1. The molecule has 0 aromatic heterocycles. The van der Waals surface area contributed by atoms with Crippen molar-refractivity contribution in [3.8, 4) is 0 Å². The lowest BCUT2D eigenvalue weighted by Gasteiger charge is -2.28. The molecular weight excluding hydrogens is 188 g/mol. The van der Waals surface area contributed by atoms with Crippen molar-refractivity contribution in [2.75, 3.05) is 13.1 Å². The molecule has 1 amide bonds. The van der Waals surface area contributed by atoms with Crippen molar-refractivity contribution in [1.29, 1.82) is 0 Å². The minimum Gasteiger partial charge on any atom is -0.353 e. The molecule has 3 rings (SSSR count). The third-order valence-corrected chi connectivity index (χ3v) is 4.42. The van der Waals surface area contributed by atoms with Gasteiger partial charge in [0.1, 0.15) is 0 Å². The molecular formula is C12H20N2O. The minimum absolute atomic E-state index is 0.291. The first-order valence-corrected chi connectivity index (χ1v) is 6.31. The second kappa shape index (κ2) is 3.78. The van der Waals surface area contributed by atoms with E-state index in [1.54, 1.807) is 0 Å². The fourth-order valence-corrected chi connectivity index (χ4v) is 3.44. The van der Waals surface area contributed by atoms with Gasteiger partial charge >= 0.3 is 0 Å². The van der Waals surface area contributed by atoms with E-state index in [-0.39, 0.29) is 0 Å². The first-order chi connectivity index (χ1) is 7.31. The third kappa shape index (κ3) is 1.89. The molecule has 3 fully saturated rings. The average molecular weight is 208 g/mol. The summed E-state index contributed by atoms with van der Waals surface area (Å²) in [6, 6.07) is 0.518. The van der Waals surface area contributed by atoms with Crippen LogP contribution in [0.15, 0.2) is 0 Å². The molecule has 1 saturated heterocycles. The van der Waals surface area contributed by atoms with E-state index in [0.29, 0.717) is 17.9 Å². The van der Waals surface area contributed by atoms with Gasteiger partial charge in [-0.15, -0.1) is 0 Å². The molecule has 3 unspecified atom stereocenters. The van der Waals surface area contributed by atoms with Crippen LogP contribution in [0.4, 0.5) is 0 Å². The quantitative estimate of drug-likeness (QED) is 0.723. The molecule has 1 heterocycles. The summed E-state index contributed by atoms with van der Waals surface area (Å²) in [6.07, 6.45) is 6.11. The molecule has 0 aromatic carbocycles. The lowest BCUT2D eigenvalue weighted by atomic mass is 9.94. The summed E-state index contributed by atoms with van der Waals surface area (Å²) in [5.74, 6) is 2.62. The number of hydrogen-bond donors (Lipinski definition) is 2. The largest absolute Gasteiger partial charge is 0.353 e. The summed E-state index contributed by atoms with van der Waals surface area (Å²) < 4.78 is 0. The summed E-state index contributed by atoms with van der Waals surface area (Å²) in [4.78, 5) is 11.7. The lowest BCUT2D eigenvalue weighted by molar-refractivity contribution is -0.123. The van der Waals surface area contributed by atoms with Gasteiger partial charge in [0, 0.05) is 12.5 Å². The monoisotopic (exact) mass is 208 g/mol. The maximum atomic E-state index is 11.7. The standard InChI is InChI=1S/C12H20N2O/c15-12(5-9-6-13-7-9)14-11-4-8-1-2-10(11)3-8/h8-11,13H,1-7H2,(H,14,15). The van der Waals surface area contributed by atoms with Crippen LogP contribution in [0.3, 0.4) is 0 Å². The second-order valence-corrected chi connectivity index (χ2v) is 5.58. The lowest BCUT2D eigenvalue weighted by Crippen LogP contribution is -2.46. The minimum atomic E-state index is 0.291. The summed E-state index contributed by atoms with van der Waals surface area (Å²) in [5.41, 5.74) is 0. The topological polar surface area (TPSA) is 41.1 Å². The Labute approximate surface area is 91.0 Å². The number of carbonyl (C=O) groups excluding carboxylic acids is 1. The Hall–Kier alpha value is -0.570. The Kier molecular flexibility index (Phi) is 2.43. The molecule has 2 aliphatic carbocycles. The fraction of sp³-hybridized carbons (Fsp3) is 0.917. The zero-order valence-corrected chi connectivity index (χ0v) is 9.17. The van der Waals surface area contributed by atoms with Crippen LogP contribution in [0.25, 0.3) is 0 Å². The normalized spacial score (nSPS) is 39.1. The molecule has 1 aliphatic heterocycles. The molecule has 3 heteroatoms. The van der Waals surface area contributed by atoms with Gasteiger partial charge in [0.15, 0.2) is 0 Å². The van der Waals surface area contributed by atoms with E-state index in [0.717, 1.165) is 31.3 Å². The number of carbonyl (C=O) groups is 1. The van der Waals surface area contributed by atoms with Crippen molar-refractivity contribution < 1.29 is 4.79 Å². The van der Waals surface area contributed by atoms with E-state index in [1.807, 2.05) is 0 Å². The number of rotatable bonds is 3. The van der Waals surface area contributed by atoms with Crippen molar-refractivity contribution in [3.05, 3.63) is 0 Å². The van der Waals surface area contributed by atoms with Crippen LogP contribution in [0.2, 0.25) is 0 Å². The van der Waals surface area contributed by atoms with Gasteiger partial charge in [0.25, 0.3) is 0 Å². The summed E-state index contributed by atoms with van der Waals surface area (Å²) >= 11 is 0. The highest BCUT2D eigenvalue weighted by atomic mass is 16.1. The van der Waals surface area contributed by atoms with Crippen molar-refractivity contribution in [3.63, 3.8) is 0 Å². The van der Waals surface area contributed by atoms with Crippen LogP contribution in [-0.2, 0) is 4.79 Å². The van der Waals surface area contributed by atoms with E-state index in [2.05, 4.69) is 10.6 Å².